The van der Waals surface area contributed by atoms with Gasteiger partial charge in [-0.2, -0.15) is 0 Å². The zero-order chi connectivity index (χ0) is 9.84. The van der Waals surface area contributed by atoms with E-state index in [0.29, 0.717) is 6.42 Å². The number of ether oxygens (including phenoxy) is 2. The largest absolute Gasteiger partial charge is 0.458 e. The smallest absolute Gasteiger partial charge is 0.303 e. The van der Waals surface area contributed by atoms with Gasteiger partial charge in [0.05, 0.1) is 0 Å². The summed E-state index contributed by atoms with van der Waals surface area (Å²) in [6.45, 7) is 2.71. The van der Waals surface area contributed by atoms with Gasteiger partial charge in [0.15, 0.2) is 0 Å². The Morgan fingerprint density at radius 2 is 1.46 bits per heavy atom. The zero-order valence-corrected chi connectivity index (χ0v) is 7.65. The van der Waals surface area contributed by atoms with E-state index in [1.807, 2.05) is 0 Å². The second-order valence-corrected chi connectivity index (χ2v) is 2.92. The summed E-state index contributed by atoms with van der Waals surface area (Å²) >= 11 is 0. The van der Waals surface area contributed by atoms with Gasteiger partial charge in [-0.05, 0) is 12.2 Å². The van der Waals surface area contributed by atoms with Crippen LogP contribution in [0.3, 0.4) is 0 Å². The maximum Gasteiger partial charge on any atom is 0.303 e. The van der Waals surface area contributed by atoms with Crippen LogP contribution in [0.1, 0.15) is 20.3 Å². The summed E-state index contributed by atoms with van der Waals surface area (Å²) in [7, 11) is 0. The molecule has 0 N–H and O–H groups in total. The number of carbonyl (C=O) groups is 2. The van der Waals surface area contributed by atoms with Gasteiger partial charge in [0.1, 0.15) is 12.2 Å². The maximum absolute atomic E-state index is 10.6. The number of hydrogen-bond acceptors (Lipinski definition) is 4. The van der Waals surface area contributed by atoms with Crippen LogP contribution in [0, 0.1) is 0 Å². The Bertz CT molecular complexity index is 220. The van der Waals surface area contributed by atoms with Gasteiger partial charge in [0, 0.05) is 20.3 Å². The van der Waals surface area contributed by atoms with Gasteiger partial charge >= 0.3 is 11.9 Å². The van der Waals surface area contributed by atoms with Crippen LogP contribution in [0.5, 0.6) is 0 Å². The van der Waals surface area contributed by atoms with Crippen molar-refractivity contribution in [3.05, 3.63) is 12.2 Å². The minimum Gasteiger partial charge on any atom is -0.458 e. The van der Waals surface area contributed by atoms with Crippen LogP contribution in [0.2, 0.25) is 0 Å². The second kappa shape index (κ2) is 4.07. The Hall–Kier alpha value is -1.32. The van der Waals surface area contributed by atoms with Crippen LogP contribution in [-0.2, 0) is 19.1 Å². The molecule has 1 aliphatic rings. The van der Waals surface area contributed by atoms with E-state index in [4.69, 9.17) is 9.47 Å². The van der Waals surface area contributed by atoms with E-state index in [1.54, 1.807) is 12.2 Å². The number of rotatable bonds is 2. The fourth-order valence-electron chi connectivity index (χ4n) is 1.24. The molecule has 4 nitrogen and oxygen atoms in total. The Morgan fingerprint density at radius 1 is 1.08 bits per heavy atom. The van der Waals surface area contributed by atoms with Crippen LogP contribution in [0.15, 0.2) is 12.2 Å². The average Bonchev–Trinajstić information content (AvgIpc) is 2.33. The van der Waals surface area contributed by atoms with Crippen molar-refractivity contribution in [2.75, 3.05) is 0 Å². The first-order chi connectivity index (χ1) is 6.08. The van der Waals surface area contributed by atoms with E-state index in [1.165, 1.54) is 13.8 Å². The SMILES string of the molecule is CC(=O)O[C@H]1C=C[C@@H](OC([13CH3])=O)C1. The van der Waals surface area contributed by atoms with E-state index in [9.17, 15) is 9.59 Å². The van der Waals surface area contributed by atoms with Crippen LogP contribution < -0.4 is 0 Å². The quantitative estimate of drug-likeness (QED) is 0.363. The molecule has 0 aromatic heterocycles. The molecule has 0 aromatic carbocycles. The van der Waals surface area contributed by atoms with Crippen molar-refractivity contribution in [3.8, 4) is 0 Å². The first-order valence-corrected chi connectivity index (χ1v) is 4.10. The Morgan fingerprint density at radius 3 is 1.77 bits per heavy atom. The number of esters is 2. The normalized spacial score (nSPS) is 25.7. The molecule has 0 amide bonds. The molecule has 0 aliphatic heterocycles. The summed E-state index contributed by atoms with van der Waals surface area (Å²) < 4.78 is 9.81. The molecule has 0 saturated heterocycles. The van der Waals surface area contributed by atoms with Crippen molar-refractivity contribution in [1.29, 1.82) is 0 Å². The highest BCUT2D eigenvalue weighted by Gasteiger charge is 2.22. The molecule has 0 spiro atoms. The minimum absolute atomic E-state index is 0.248. The van der Waals surface area contributed by atoms with E-state index in [-0.39, 0.29) is 24.1 Å². The van der Waals surface area contributed by atoms with Crippen LogP contribution in [0.4, 0.5) is 0 Å². The highest BCUT2D eigenvalue weighted by atomic mass is 16.6. The van der Waals surface area contributed by atoms with Crippen molar-refractivity contribution in [1.82, 2.24) is 0 Å². The lowest BCUT2D eigenvalue weighted by atomic mass is 10.3. The summed E-state index contributed by atoms with van der Waals surface area (Å²) in [6, 6.07) is 0. The predicted octanol–water partition coefficient (Wildman–Crippen LogP) is 0.810. The summed E-state index contributed by atoms with van der Waals surface area (Å²) in [5.41, 5.74) is 0. The fourth-order valence-corrected chi connectivity index (χ4v) is 1.24. The average molecular weight is 185 g/mol. The maximum atomic E-state index is 10.6. The van der Waals surface area contributed by atoms with E-state index in [2.05, 4.69) is 0 Å². The molecule has 0 radical (unpaired) electrons. The van der Waals surface area contributed by atoms with Crippen LogP contribution in [0.25, 0.3) is 0 Å². The van der Waals surface area contributed by atoms with E-state index < -0.39 is 0 Å². The van der Waals surface area contributed by atoms with Crippen molar-refractivity contribution >= 4 is 11.9 Å². The van der Waals surface area contributed by atoms with Gasteiger partial charge in [-0.1, -0.05) is 0 Å². The lowest BCUT2D eigenvalue weighted by molar-refractivity contribution is -0.147. The molecule has 0 unspecified atom stereocenters. The lowest BCUT2D eigenvalue weighted by Crippen LogP contribution is -2.17. The van der Waals surface area contributed by atoms with Crippen molar-refractivity contribution in [2.45, 2.75) is 32.5 Å². The third-order valence-corrected chi connectivity index (χ3v) is 1.64. The minimum atomic E-state index is -0.321. The summed E-state index contributed by atoms with van der Waals surface area (Å²) in [5.74, 6) is -0.642. The molecule has 4 heteroatoms. The molecule has 72 valence electrons. The highest BCUT2D eigenvalue weighted by Crippen LogP contribution is 2.17. The second-order valence-electron chi connectivity index (χ2n) is 2.92. The highest BCUT2D eigenvalue weighted by molar-refractivity contribution is 5.67. The van der Waals surface area contributed by atoms with Crippen LogP contribution in [-0.4, -0.2) is 24.1 Å². The molecular weight excluding hydrogens is 173 g/mol. The van der Waals surface area contributed by atoms with Gasteiger partial charge < -0.3 is 9.47 Å². The van der Waals surface area contributed by atoms with Gasteiger partial charge in [-0.15, -0.1) is 0 Å². The van der Waals surface area contributed by atoms with Crippen molar-refractivity contribution in [2.24, 2.45) is 0 Å². The fraction of sp³-hybridized carbons (Fsp3) is 0.556. The van der Waals surface area contributed by atoms with Crippen molar-refractivity contribution in [3.63, 3.8) is 0 Å². The molecule has 0 bridgehead atoms. The molecule has 0 aromatic rings. The molecule has 2 atom stereocenters. The first kappa shape index (κ1) is 9.77. The Balaban J connectivity index is 2.33. The number of carbonyl (C=O) groups excluding carboxylic acids is 2. The van der Waals surface area contributed by atoms with E-state index in [0.717, 1.165) is 0 Å². The zero-order valence-electron chi connectivity index (χ0n) is 7.65. The van der Waals surface area contributed by atoms with Gasteiger partial charge in [0.2, 0.25) is 0 Å². The Labute approximate surface area is 76.5 Å². The molecule has 0 saturated carbocycles. The van der Waals surface area contributed by atoms with Crippen LogP contribution >= 0.6 is 0 Å². The molecule has 0 heterocycles. The summed E-state index contributed by atoms with van der Waals surface area (Å²) in [5, 5.41) is 0. The lowest BCUT2D eigenvalue weighted by Gasteiger charge is -2.11. The molecule has 0 fully saturated rings. The first-order valence-electron chi connectivity index (χ1n) is 4.10. The molecule has 1 aliphatic carbocycles. The summed E-state index contributed by atoms with van der Waals surface area (Å²) in [4.78, 5) is 21.1. The van der Waals surface area contributed by atoms with Gasteiger partial charge in [-0.25, -0.2) is 0 Å². The van der Waals surface area contributed by atoms with Gasteiger partial charge in [0.25, 0.3) is 0 Å². The Kier molecular flexibility index (Phi) is 3.06. The molecule has 13 heavy (non-hydrogen) atoms. The third kappa shape index (κ3) is 3.27. The predicted molar refractivity (Wildman–Crippen MR) is 44.9 cm³/mol. The molecular formula is C9H12O4. The number of hydrogen-bond donors (Lipinski definition) is 0. The third-order valence-electron chi connectivity index (χ3n) is 1.64. The topological polar surface area (TPSA) is 52.6 Å². The van der Waals surface area contributed by atoms with Gasteiger partial charge in [-0.3, -0.25) is 9.59 Å². The van der Waals surface area contributed by atoms with E-state index >= 15 is 0 Å². The van der Waals surface area contributed by atoms with Crippen molar-refractivity contribution < 1.29 is 19.1 Å². The summed E-state index contributed by atoms with van der Waals surface area (Å²) in [6.07, 6.45) is 3.49. The monoisotopic (exact) mass is 185 g/mol. The standard InChI is InChI=1S/C9H12O4/c1-6(10)12-8-3-4-9(5-8)13-7(2)11/h3-4,8-9H,5H2,1-2H3/t8-,9+/i1+1/m1/s1. The molecule has 1 rings (SSSR count).